The van der Waals surface area contributed by atoms with Gasteiger partial charge in [-0.25, -0.2) is 8.42 Å². The van der Waals surface area contributed by atoms with Crippen molar-refractivity contribution in [1.29, 1.82) is 0 Å². The minimum absolute atomic E-state index is 0. The van der Waals surface area contributed by atoms with Crippen molar-refractivity contribution < 1.29 is 8.42 Å². The number of benzene rings is 1. The van der Waals surface area contributed by atoms with Crippen LogP contribution in [0.25, 0.3) is 0 Å². The minimum Gasteiger partial charge on any atom is -0.352 e. The molecule has 0 aliphatic rings. The van der Waals surface area contributed by atoms with E-state index in [1.165, 1.54) is 6.26 Å². The van der Waals surface area contributed by atoms with Gasteiger partial charge in [-0.05, 0) is 24.1 Å². The van der Waals surface area contributed by atoms with Crippen molar-refractivity contribution in [3.05, 3.63) is 29.8 Å². The first kappa shape index (κ1) is 21.2. The van der Waals surface area contributed by atoms with Crippen molar-refractivity contribution in [2.45, 2.75) is 31.2 Å². The maximum Gasteiger partial charge on any atom is 0.193 e. The van der Waals surface area contributed by atoms with Crippen molar-refractivity contribution in [2.75, 3.05) is 26.9 Å². The summed E-state index contributed by atoms with van der Waals surface area (Å²) in [4.78, 5) is 6.68. The molecule has 0 unspecified atom stereocenters. The van der Waals surface area contributed by atoms with Gasteiger partial charge in [-0.3, -0.25) is 4.99 Å². The molecule has 0 bridgehead atoms. The quantitative estimate of drug-likeness (QED) is 0.421. The highest BCUT2D eigenvalue weighted by molar-refractivity contribution is 14.0. The average Bonchev–Trinajstić information content (AvgIpc) is 2.45. The number of guanidine groups is 1. The maximum absolute atomic E-state index is 11.4. The third-order valence-electron chi connectivity index (χ3n) is 3.22. The molecule has 7 heteroatoms. The maximum atomic E-state index is 11.4. The molecule has 0 saturated carbocycles. The topological polar surface area (TPSA) is 61.8 Å². The summed E-state index contributed by atoms with van der Waals surface area (Å²) in [6, 6.07) is 6.91. The van der Waals surface area contributed by atoms with Crippen molar-refractivity contribution in [1.82, 2.24) is 10.2 Å². The van der Waals surface area contributed by atoms with Gasteiger partial charge in [0.2, 0.25) is 0 Å². The highest BCUT2D eigenvalue weighted by Gasteiger charge is 2.07. The summed E-state index contributed by atoms with van der Waals surface area (Å²) in [6.07, 6.45) is 3.49. The summed E-state index contributed by atoms with van der Waals surface area (Å²) >= 11 is 0. The van der Waals surface area contributed by atoms with E-state index >= 15 is 0 Å². The Morgan fingerprint density at radius 1 is 1.27 bits per heavy atom. The van der Waals surface area contributed by atoms with Gasteiger partial charge in [0.1, 0.15) is 0 Å². The molecule has 0 aromatic heterocycles. The normalized spacial score (nSPS) is 11.7. The van der Waals surface area contributed by atoms with E-state index in [9.17, 15) is 8.42 Å². The van der Waals surface area contributed by atoms with Crippen LogP contribution in [0.2, 0.25) is 0 Å². The van der Waals surface area contributed by atoms with Crippen LogP contribution in [0, 0.1) is 0 Å². The van der Waals surface area contributed by atoms with Gasteiger partial charge in [0.05, 0.1) is 4.90 Å². The fraction of sp³-hybridized carbons (Fsp3) is 0.533. The van der Waals surface area contributed by atoms with E-state index < -0.39 is 9.84 Å². The fourth-order valence-corrected chi connectivity index (χ4v) is 2.55. The molecule has 0 amide bonds. The van der Waals surface area contributed by atoms with Crippen LogP contribution in [0.4, 0.5) is 0 Å². The number of halogens is 1. The Hall–Kier alpha value is -0.830. The first-order valence-corrected chi connectivity index (χ1v) is 8.98. The van der Waals surface area contributed by atoms with Crippen LogP contribution in [-0.2, 0) is 16.4 Å². The van der Waals surface area contributed by atoms with E-state index in [2.05, 4.69) is 22.1 Å². The zero-order valence-electron chi connectivity index (χ0n) is 13.7. The number of nitrogens with one attached hydrogen (secondary N) is 1. The molecule has 0 fully saturated rings. The van der Waals surface area contributed by atoms with Gasteiger partial charge in [-0.1, -0.05) is 25.5 Å². The van der Waals surface area contributed by atoms with Crippen LogP contribution in [0.1, 0.15) is 25.3 Å². The minimum atomic E-state index is -3.13. The largest absolute Gasteiger partial charge is 0.352 e. The van der Waals surface area contributed by atoms with Crippen molar-refractivity contribution in [2.24, 2.45) is 4.99 Å². The first-order chi connectivity index (χ1) is 9.88. The second kappa shape index (κ2) is 10.0. The molecule has 0 spiro atoms. The Kier molecular flexibility index (Phi) is 9.66. The molecule has 1 N–H and O–H groups in total. The van der Waals surface area contributed by atoms with Crippen LogP contribution in [0.3, 0.4) is 0 Å². The lowest BCUT2D eigenvalue weighted by atomic mass is 10.2. The second-order valence-electron chi connectivity index (χ2n) is 5.09. The molecular weight excluding hydrogens is 413 g/mol. The van der Waals surface area contributed by atoms with Gasteiger partial charge >= 0.3 is 0 Å². The van der Waals surface area contributed by atoms with Crippen LogP contribution in [-0.4, -0.2) is 46.2 Å². The van der Waals surface area contributed by atoms with Gasteiger partial charge in [0.25, 0.3) is 0 Å². The van der Waals surface area contributed by atoms with Crippen LogP contribution < -0.4 is 5.32 Å². The number of nitrogens with zero attached hydrogens (tertiary/aromatic N) is 2. The lowest BCUT2D eigenvalue weighted by molar-refractivity contribution is 0.464. The fourth-order valence-electron chi connectivity index (χ4n) is 1.92. The number of hydrogen-bond acceptors (Lipinski definition) is 3. The highest BCUT2D eigenvalue weighted by atomic mass is 127. The van der Waals surface area contributed by atoms with Crippen LogP contribution in [0.5, 0.6) is 0 Å². The number of hydrogen-bond donors (Lipinski definition) is 1. The summed E-state index contributed by atoms with van der Waals surface area (Å²) in [5, 5.41) is 3.28. The summed E-state index contributed by atoms with van der Waals surface area (Å²) in [5.41, 5.74) is 1.02. The second-order valence-corrected chi connectivity index (χ2v) is 7.11. The first-order valence-electron chi connectivity index (χ1n) is 7.09. The van der Waals surface area contributed by atoms with E-state index in [1.807, 2.05) is 19.2 Å². The molecule has 5 nitrogen and oxygen atoms in total. The third-order valence-corrected chi connectivity index (χ3v) is 4.35. The van der Waals surface area contributed by atoms with Gasteiger partial charge < -0.3 is 10.2 Å². The number of rotatable bonds is 6. The Balaban J connectivity index is 0.00000441. The molecule has 1 aromatic carbocycles. The third kappa shape index (κ3) is 6.95. The van der Waals surface area contributed by atoms with Gasteiger partial charge in [-0.2, -0.15) is 0 Å². The lowest BCUT2D eigenvalue weighted by Crippen LogP contribution is -2.38. The molecule has 0 atom stereocenters. The zero-order chi connectivity index (χ0) is 15.9. The van der Waals surface area contributed by atoms with E-state index in [0.29, 0.717) is 11.4 Å². The molecule has 0 saturated heterocycles. The molecule has 0 heterocycles. The number of unbranched alkanes of at least 4 members (excludes halogenated alkanes) is 1. The van der Waals surface area contributed by atoms with E-state index in [-0.39, 0.29) is 24.0 Å². The van der Waals surface area contributed by atoms with Gasteiger partial charge in [-0.15, -0.1) is 24.0 Å². The number of aliphatic imine (C=N–C) groups is 1. The predicted molar refractivity (Wildman–Crippen MR) is 103 cm³/mol. The average molecular weight is 439 g/mol. The Morgan fingerprint density at radius 3 is 2.32 bits per heavy atom. The molecular formula is C15H26IN3O2S. The number of sulfone groups is 1. The Bertz CT molecular complexity index is 571. The summed E-state index contributed by atoms with van der Waals surface area (Å²) in [6.45, 7) is 3.74. The molecule has 22 heavy (non-hydrogen) atoms. The van der Waals surface area contributed by atoms with Crippen LogP contribution in [0.15, 0.2) is 34.2 Å². The highest BCUT2D eigenvalue weighted by Crippen LogP contribution is 2.10. The van der Waals surface area contributed by atoms with E-state index in [4.69, 9.17) is 0 Å². The van der Waals surface area contributed by atoms with Crippen molar-refractivity contribution in [3.8, 4) is 0 Å². The summed E-state index contributed by atoms with van der Waals surface area (Å²) < 4.78 is 22.8. The predicted octanol–water partition coefficient (Wildman–Crippen LogP) is 2.52. The Labute approximate surface area is 151 Å². The van der Waals surface area contributed by atoms with Crippen molar-refractivity contribution >= 4 is 39.8 Å². The molecule has 0 aliphatic heterocycles. The summed E-state index contributed by atoms with van der Waals surface area (Å²) in [7, 11) is 0.641. The Morgan fingerprint density at radius 2 is 1.86 bits per heavy atom. The van der Waals surface area contributed by atoms with Crippen LogP contribution >= 0.6 is 24.0 Å². The van der Waals surface area contributed by atoms with E-state index in [0.717, 1.165) is 30.9 Å². The SMILES string of the molecule is CCCCN(C)C(=NC)NCc1ccc(S(C)(=O)=O)cc1.I. The summed E-state index contributed by atoms with van der Waals surface area (Å²) in [5.74, 6) is 0.843. The standard InChI is InChI=1S/C15H25N3O2S.HI/c1-5-6-11-18(3)15(16-2)17-12-13-7-9-14(10-8-13)21(4,19)20;/h7-10H,5-6,11-12H2,1-4H3,(H,16,17);1H. The molecule has 1 aromatic rings. The lowest BCUT2D eigenvalue weighted by Gasteiger charge is -2.21. The zero-order valence-corrected chi connectivity index (χ0v) is 16.8. The van der Waals surface area contributed by atoms with Gasteiger partial charge in [0, 0.05) is 33.4 Å². The van der Waals surface area contributed by atoms with Gasteiger partial charge in [0.15, 0.2) is 15.8 Å². The smallest absolute Gasteiger partial charge is 0.193 e. The monoisotopic (exact) mass is 439 g/mol. The molecule has 0 radical (unpaired) electrons. The molecule has 0 aliphatic carbocycles. The molecule has 126 valence electrons. The molecule has 1 rings (SSSR count). The van der Waals surface area contributed by atoms with Crippen molar-refractivity contribution in [3.63, 3.8) is 0 Å². The van der Waals surface area contributed by atoms with E-state index in [1.54, 1.807) is 19.2 Å².